The Bertz CT molecular complexity index is 680. The molecule has 2 heterocycles. The fourth-order valence-electron chi connectivity index (χ4n) is 1.93. The second-order valence-corrected chi connectivity index (χ2v) is 7.20. The molecule has 106 valence electrons. The predicted octanol–water partition coefficient (Wildman–Crippen LogP) is 3.74. The summed E-state index contributed by atoms with van der Waals surface area (Å²) in [4.78, 5) is 13.5. The molecule has 0 saturated heterocycles. The van der Waals surface area contributed by atoms with Gasteiger partial charge in [-0.1, -0.05) is 11.6 Å². The maximum atomic E-state index is 12.3. The van der Waals surface area contributed by atoms with E-state index in [1.165, 1.54) is 23.7 Å². The van der Waals surface area contributed by atoms with Crippen molar-refractivity contribution in [2.24, 2.45) is 5.92 Å². The van der Waals surface area contributed by atoms with Crippen molar-refractivity contribution in [2.75, 3.05) is 5.32 Å². The van der Waals surface area contributed by atoms with Crippen LogP contribution in [0, 0.1) is 5.92 Å². The molecule has 0 aliphatic heterocycles. The molecule has 0 spiro atoms. The molecule has 0 radical (unpaired) electrons. The van der Waals surface area contributed by atoms with Crippen molar-refractivity contribution in [1.29, 1.82) is 0 Å². The third kappa shape index (κ3) is 3.24. The quantitative estimate of drug-likeness (QED) is 0.867. The zero-order chi connectivity index (χ0) is 14.1. The number of rotatable bonds is 5. The number of anilines is 1. The molecule has 1 N–H and O–H groups in total. The van der Waals surface area contributed by atoms with Crippen LogP contribution >= 0.6 is 38.9 Å². The van der Waals surface area contributed by atoms with Crippen LogP contribution in [0.25, 0.3) is 0 Å². The molecular weight excluding hydrogens is 362 g/mol. The minimum Gasteiger partial charge on any atom is -0.374 e. The van der Waals surface area contributed by atoms with Crippen LogP contribution in [0.2, 0.25) is 5.02 Å². The Morgan fingerprint density at radius 2 is 2.35 bits per heavy atom. The van der Waals surface area contributed by atoms with Gasteiger partial charge in [0.25, 0.3) is 5.56 Å². The lowest BCUT2D eigenvalue weighted by Crippen LogP contribution is -2.26. The van der Waals surface area contributed by atoms with Crippen LogP contribution in [0.1, 0.15) is 17.7 Å². The van der Waals surface area contributed by atoms with E-state index in [4.69, 9.17) is 11.6 Å². The average Bonchev–Trinajstić information content (AvgIpc) is 3.14. The summed E-state index contributed by atoms with van der Waals surface area (Å²) >= 11 is 11.1. The molecule has 4 nitrogen and oxygen atoms in total. The molecule has 0 atom stereocenters. The number of aromatic nitrogens is 2. The van der Waals surface area contributed by atoms with Crippen LogP contribution < -0.4 is 10.9 Å². The van der Waals surface area contributed by atoms with E-state index in [0.29, 0.717) is 29.7 Å². The lowest BCUT2D eigenvalue weighted by atomic mass is 10.4. The van der Waals surface area contributed by atoms with Gasteiger partial charge in [0, 0.05) is 27.8 Å². The lowest BCUT2D eigenvalue weighted by Gasteiger charge is -2.09. The molecule has 0 amide bonds. The van der Waals surface area contributed by atoms with Crippen molar-refractivity contribution in [1.82, 2.24) is 9.78 Å². The Balaban J connectivity index is 1.78. The summed E-state index contributed by atoms with van der Waals surface area (Å²) in [5, 5.41) is 9.62. The number of nitrogens with one attached hydrogen (secondary N) is 1. The second kappa shape index (κ2) is 5.87. The van der Waals surface area contributed by atoms with Gasteiger partial charge in [-0.3, -0.25) is 4.79 Å². The van der Waals surface area contributed by atoms with Gasteiger partial charge in [-0.05, 0) is 40.8 Å². The summed E-state index contributed by atoms with van der Waals surface area (Å²) in [5.74, 6) is 0.600. The van der Waals surface area contributed by atoms with Gasteiger partial charge in [0.05, 0.1) is 11.2 Å². The molecular formula is C13H13BrClN3OS. The first-order chi connectivity index (χ1) is 9.63. The maximum Gasteiger partial charge on any atom is 0.291 e. The van der Waals surface area contributed by atoms with Crippen LogP contribution in [0.4, 0.5) is 5.69 Å². The first-order valence-corrected chi connectivity index (χ1v) is 8.41. The van der Waals surface area contributed by atoms with E-state index in [2.05, 4.69) is 26.3 Å². The summed E-state index contributed by atoms with van der Waals surface area (Å²) in [6, 6.07) is 2.02. The van der Waals surface area contributed by atoms with Crippen molar-refractivity contribution in [2.45, 2.75) is 25.9 Å². The normalized spacial score (nSPS) is 14.5. The fraction of sp³-hybridized carbons (Fsp3) is 0.385. The Hall–Kier alpha value is -0.850. The van der Waals surface area contributed by atoms with Crippen molar-refractivity contribution in [3.8, 4) is 0 Å². The summed E-state index contributed by atoms with van der Waals surface area (Å²) in [6.45, 7) is 1.27. The van der Waals surface area contributed by atoms with E-state index in [9.17, 15) is 4.79 Å². The highest BCUT2D eigenvalue weighted by Gasteiger charge is 2.23. The summed E-state index contributed by atoms with van der Waals surface area (Å²) in [5.41, 5.74) is 0.298. The highest BCUT2D eigenvalue weighted by Crippen LogP contribution is 2.30. The van der Waals surface area contributed by atoms with Crippen molar-refractivity contribution in [3.63, 3.8) is 0 Å². The SMILES string of the molecule is O=c1c(NCc2cc(Br)cs2)c(Cl)cnn1CC1CC1. The van der Waals surface area contributed by atoms with E-state index in [-0.39, 0.29) is 5.56 Å². The maximum absolute atomic E-state index is 12.3. The molecule has 2 aromatic heterocycles. The van der Waals surface area contributed by atoms with E-state index in [1.807, 2.05) is 11.4 Å². The van der Waals surface area contributed by atoms with Gasteiger partial charge < -0.3 is 5.32 Å². The topological polar surface area (TPSA) is 46.9 Å². The minimum absolute atomic E-state index is 0.139. The van der Waals surface area contributed by atoms with E-state index in [0.717, 1.165) is 9.35 Å². The zero-order valence-corrected chi connectivity index (χ0v) is 13.8. The first kappa shape index (κ1) is 14.1. The van der Waals surface area contributed by atoms with Gasteiger partial charge in [-0.25, -0.2) is 4.68 Å². The number of halogens is 2. The molecule has 3 rings (SSSR count). The molecule has 0 bridgehead atoms. The predicted molar refractivity (Wildman–Crippen MR) is 85.6 cm³/mol. The largest absolute Gasteiger partial charge is 0.374 e. The fourth-order valence-corrected chi connectivity index (χ4v) is 3.51. The van der Waals surface area contributed by atoms with Crippen LogP contribution in [0.3, 0.4) is 0 Å². The zero-order valence-electron chi connectivity index (χ0n) is 10.6. The lowest BCUT2D eigenvalue weighted by molar-refractivity contribution is 0.534. The first-order valence-electron chi connectivity index (χ1n) is 6.36. The molecule has 1 fully saturated rings. The van der Waals surface area contributed by atoms with Crippen molar-refractivity contribution >= 4 is 44.6 Å². The molecule has 2 aromatic rings. The molecule has 1 saturated carbocycles. The second-order valence-electron chi connectivity index (χ2n) is 4.88. The highest BCUT2D eigenvalue weighted by molar-refractivity contribution is 9.10. The molecule has 20 heavy (non-hydrogen) atoms. The summed E-state index contributed by atoms with van der Waals surface area (Å²) < 4.78 is 2.56. The Labute approximate surface area is 133 Å². The highest BCUT2D eigenvalue weighted by atomic mass is 79.9. The third-order valence-electron chi connectivity index (χ3n) is 3.19. The van der Waals surface area contributed by atoms with Crippen molar-refractivity contribution in [3.05, 3.63) is 42.4 Å². The van der Waals surface area contributed by atoms with Crippen LogP contribution in [-0.2, 0) is 13.1 Å². The van der Waals surface area contributed by atoms with Gasteiger partial charge in [0.15, 0.2) is 0 Å². The Morgan fingerprint density at radius 1 is 1.55 bits per heavy atom. The monoisotopic (exact) mass is 373 g/mol. The van der Waals surface area contributed by atoms with Gasteiger partial charge in [-0.2, -0.15) is 5.10 Å². The Kier molecular flexibility index (Phi) is 4.14. The third-order valence-corrected chi connectivity index (χ3v) is 5.17. The summed E-state index contributed by atoms with van der Waals surface area (Å²) in [6.07, 6.45) is 3.91. The van der Waals surface area contributed by atoms with Crippen LogP contribution in [-0.4, -0.2) is 9.78 Å². The van der Waals surface area contributed by atoms with Gasteiger partial charge in [0.2, 0.25) is 0 Å². The number of thiophene rings is 1. The standard InChI is InChI=1S/C13H13BrClN3OS/c14-9-3-10(20-7-9)4-16-12-11(15)5-17-18(13(12)19)6-8-1-2-8/h3,5,7-8,16H,1-2,4,6H2. The number of hydrogen-bond donors (Lipinski definition) is 1. The van der Waals surface area contributed by atoms with Gasteiger partial charge in [0.1, 0.15) is 5.69 Å². The molecule has 0 aromatic carbocycles. The van der Waals surface area contributed by atoms with E-state index < -0.39 is 0 Å². The molecule has 7 heteroatoms. The average molecular weight is 375 g/mol. The molecule has 0 unspecified atom stereocenters. The van der Waals surface area contributed by atoms with Gasteiger partial charge in [-0.15, -0.1) is 11.3 Å². The smallest absolute Gasteiger partial charge is 0.291 e. The number of hydrogen-bond acceptors (Lipinski definition) is 4. The number of nitrogens with zero attached hydrogens (tertiary/aromatic N) is 2. The van der Waals surface area contributed by atoms with Crippen molar-refractivity contribution < 1.29 is 0 Å². The van der Waals surface area contributed by atoms with Gasteiger partial charge >= 0.3 is 0 Å². The van der Waals surface area contributed by atoms with Crippen LogP contribution in [0.15, 0.2) is 26.9 Å². The Morgan fingerprint density at radius 3 is 3.00 bits per heavy atom. The minimum atomic E-state index is -0.139. The molecule has 1 aliphatic carbocycles. The van der Waals surface area contributed by atoms with Crippen LogP contribution in [0.5, 0.6) is 0 Å². The summed E-state index contributed by atoms with van der Waals surface area (Å²) in [7, 11) is 0. The molecule has 1 aliphatic rings. The van der Waals surface area contributed by atoms with E-state index in [1.54, 1.807) is 11.3 Å². The van der Waals surface area contributed by atoms with E-state index >= 15 is 0 Å².